The highest BCUT2D eigenvalue weighted by molar-refractivity contribution is 7.99. The SMILES string of the molecule is CC1(C)CCCCC1NC1CCSCC1. The Labute approximate surface area is 98.8 Å². The molecule has 0 bridgehead atoms. The average molecular weight is 227 g/mol. The molecule has 0 spiro atoms. The van der Waals surface area contributed by atoms with Crippen LogP contribution < -0.4 is 5.32 Å². The summed E-state index contributed by atoms with van der Waals surface area (Å²) in [5, 5.41) is 3.93. The van der Waals surface area contributed by atoms with Gasteiger partial charge in [0.1, 0.15) is 0 Å². The molecule has 1 unspecified atom stereocenters. The summed E-state index contributed by atoms with van der Waals surface area (Å²) < 4.78 is 0. The first-order valence-electron chi connectivity index (χ1n) is 6.52. The van der Waals surface area contributed by atoms with E-state index in [0.29, 0.717) is 5.41 Å². The van der Waals surface area contributed by atoms with Crippen LogP contribution in [0.2, 0.25) is 0 Å². The summed E-state index contributed by atoms with van der Waals surface area (Å²) >= 11 is 2.12. The Morgan fingerprint density at radius 1 is 1.07 bits per heavy atom. The van der Waals surface area contributed by atoms with E-state index in [9.17, 15) is 0 Å². The monoisotopic (exact) mass is 227 g/mol. The molecule has 1 nitrogen and oxygen atoms in total. The van der Waals surface area contributed by atoms with Gasteiger partial charge in [0, 0.05) is 12.1 Å². The third kappa shape index (κ3) is 3.13. The summed E-state index contributed by atoms with van der Waals surface area (Å²) in [6, 6.07) is 1.59. The lowest BCUT2D eigenvalue weighted by Gasteiger charge is -2.42. The first-order valence-corrected chi connectivity index (χ1v) is 7.68. The van der Waals surface area contributed by atoms with Crippen molar-refractivity contribution in [2.24, 2.45) is 5.41 Å². The average Bonchev–Trinajstić information content (AvgIpc) is 2.23. The summed E-state index contributed by atoms with van der Waals surface area (Å²) in [4.78, 5) is 0. The van der Waals surface area contributed by atoms with Crippen molar-refractivity contribution < 1.29 is 0 Å². The van der Waals surface area contributed by atoms with Gasteiger partial charge in [0.2, 0.25) is 0 Å². The Morgan fingerprint density at radius 3 is 2.47 bits per heavy atom. The van der Waals surface area contributed by atoms with Gasteiger partial charge in [-0.1, -0.05) is 26.7 Å². The lowest BCUT2D eigenvalue weighted by molar-refractivity contribution is 0.153. The van der Waals surface area contributed by atoms with Crippen molar-refractivity contribution in [3.63, 3.8) is 0 Å². The highest BCUT2D eigenvalue weighted by atomic mass is 32.2. The van der Waals surface area contributed by atoms with Crippen LogP contribution in [0.1, 0.15) is 52.4 Å². The highest BCUT2D eigenvalue weighted by Crippen LogP contribution is 2.36. The van der Waals surface area contributed by atoms with Crippen LogP contribution in [-0.2, 0) is 0 Å². The van der Waals surface area contributed by atoms with Gasteiger partial charge in [-0.2, -0.15) is 11.8 Å². The highest BCUT2D eigenvalue weighted by Gasteiger charge is 2.33. The van der Waals surface area contributed by atoms with Crippen LogP contribution in [0, 0.1) is 5.41 Å². The van der Waals surface area contributed by atoms with E-state index in [0.717, 1.165) is 12.1 Å². The molecule has 88 valence electrons. The molecule has 0 aromatic heterocycles. The van der Waals surface area contributed by atoms with Crippen molar-refractivity contribution >= 4 is 11.8 Å². The molecule has 1 atom stereocenters. The Hall–Kier alpha value is 0.310. The zero-order chi connectivity index (χ0) is 10.7. The van der Waals surface area contributed by atoms with E-state index in [4.69, 9.17) is 0 Å². The molecule has 1 aliphatic heterocycles. The second-order valence-electron chi connectivity index (χ2n) is 5.84. The zero-order valence-electron chi connectivity index (χ0n) is 10.2. The van der Waals surface area contributed by atoms with E-state index in [-0.39, 0.29) is 0 Å². The molecule has 1 heterocycles. The fourth-order valence-electron chi connectivity index (χ4n) is 2.95. The maximum absolute atomic E-state index is 3.93. The molecule has 15 heavy (non-hydrogen) atoms. The molecular formula is C13H25NS. The van der Waals surface area contributed by atoms with Crippen LogP contribution in [0.4, 0.5) is 0 Å². The van der Waals surface area contributed by atoms with Crippen LogP contribution >= 0.6 is 11.8 Å². The van der Waals surface area contributed by atoms with E-state index in [1.54, 1.807) is 0 Å². The third-order valence-corrected chi connectivity index (χ3v) is 5.21. The number of hydrogen-bond acceptors (Lipinski definition) is 2. The van der Waals surface area contributed by atoms with E-state index in [1.165, 1.54) is 50.0 Å². The lowest BCUT2D eigenvalue weighted by Crippen LogP contribution is -2.49. The molecule has 0 amide bonds. The predicted molar refractivity (Wildman–Crippen MR) is 69.5 cm³/mol. The van der Waals surface area contributed by atoms with Gasteiger partial charge in [0.25, 0.3) is 0 Å². The smallest absolute Gasteiger partial charge is 0.0121 e. The summed E-state index contributed by atoms with van der Waals surface area (Å²) in [7, 11) is 0. The Morgan fingerprint density at radius 2 is 1.80 bits per heavy atom. The van der Waals surface area contributed by atoms with E-state index < -0.39 is 0 Å². The summed E-state index contributed by atoms with van der Waals surface area (Å²) in [5.41, 5.74) is 0.531. The van der Waals surface area contributed by atoms with Gasteiger partial charge >= 0.3 is 0 Å². The first kappa shape index (κ1) is 11.8. The second kappa shape index (κ2) is 5.09. The fourth-order valence-corrected chi connectivity index (χ4v) is 4.06. The van der Waals surface area contributed by atoms with E-state index >= 15 is 0 Å². The summed E-state index contributed by atoms with van der Waals surface area (Å²) in [5.74, 6) is 2.73. The van der Waals surface area contributed by atoms with Gasteiger partial charge in [0.15, 0.2) is 0 Å². The van der Waals surface area contributed by atoms with Crippen molar-refractivity contribution in [1.82, 2.24) is 5.32 Å². The van der Waals surface area contributed by atoms with E-state index in [1.807, 2.05) is 0 Å². The quantitative estimate of drug-likeness (QED) is 0.775. The molecule has 1 aliphatic carbocycles. The van der Waals surface area contributed by atoms with Crippen molar-refractivity contribution in [3.8, 4) is 0 Å². The molecule has 2 aliphatic rings. The lowest BCUT2D eigenvalue weighted by atomic mass is 9.73. The molecule has 0 radical (unpaired) electrons. The van der Waals surface area contributed by atoms with Crippen molar-refractivity contribution in [1.29, 1.82) is 0 Å². The Balaban J connectivity index is 1.85. The number of thioether (sulfide) groups is 1. The predicted octanol–water partition coefficient (Wildman–Crippen LogP) is 3.44. The van der Waals surface area contributed by atoms with Gasteiger partial charge in [-0.05, 0) is 42.6 Å². The van der Waals surface area contributed by atoms with Gasteiger partial charge in [-0.3, -0.25) is 0 Å². The van der Waals surface area contributed by atoms with Crippen molar-refractivity contribution in [2.45, 2.75) is 64.5 Å². The van der Waals surface area contributed by atoms with Gasteiger partial charge in [-0.25, -0.2) is 0 Å². The molecule has 1 saturated heterocycles. The standard InChI is InChI=1S/C13H25NS/c1-13(2)8-4-3-5-12(13)14-11-6-9-15-10-7-11/h11-12,14H,3-10H2,1-2H3. The molecule has 2 rings (SSSR count). The molecule has 0 aromatic rings. The van der Waals surface area contributed by atoms with Gasteiger partial charge < -0.3 is 5.32 Å². The normalized spacial score (nSPS) is 32.8. The largest absolute Gasteiger partial charge is 0.311 e. The second-order valence-corrected chi connectivity index (χ2v) is 7.07. The summed E-state index contributed by atoms with van der Waals surface area (Å²) in [6.45, 7) is 4.89. The van der Waals surface area contributed by atoms with Crippen LogP contribution in [-0.4, -0.2) is 23.6 Å². The van der Waals surface area contributed by atoms with Crippen molar-refractivity contribution in [3.05, 3.63) is 0 Å². The first-order chi connectivity index (χ1) is 7.18. The minimum absolute atomic E-state index is 0.531. The molecule has 2 fully saturated rings. The van der Waals surface area contributed by atoms with Gasteiger partial charge in [0.05, 0.1) is 0 Å². The van der Waals surface area contributed by atoms with Crippen LogP contribution in [0.5, 0.6) is 0 Å². The Kier molecular flexibility index (Phi) is 4.00. The molecule has 2 heteroatoms. The van der Waals surface area contributed by atoms with Crippen LogP contribution in [0.25, 0.3) is 0 Å². The number of rotatable bonds is 2. The number of hydrogen-bond donors (Lipinski definition) is 1. The number of nitrogens with one attached hydrogen (secondary N) is 1. The minimum Gasteiger partial charge on any atom is -0.311 e. The molecule has 1 saturated carbocycles. The molecule has 1 N–H and O–H groups in total. The fraction of sp³-hybridized carbons (Fsp3) is 1.00. The Bertz CT molecular complexity index is 197. The zero-order valence-corrected chi connectivity index (χ0v) is 11.0. The van der Waals surface area contributed by atoms with Crippen molar-refractivity contribution in [2.75, 3.05) is 11.5 Å². The topological polar surface area (TPSA) is 12.0 Å². The summed E-state index contributed by atoms with van der Waals surface area (Å²) in [6.07, 6.45) is 8.45. The molecular weight excluding hydrogens is 202 g/mol. The molecule has 0 aromatic carbocycles. The third-order valence-electron chi connectivity index (χ3n) is 4.17. The van der Waals surface area contributed by atoms with E-state index in [2.05, 4.69) is 30.9 Å². The van der Waals surface area contributed by atoms with Gasteiger partial charge in [-0.15, -0.1) is 0 Å². The maximum Gasteiger partial charge on any atom is 0.0121 e. The van der Waals surface area contributed by atoms with Crippen LogP contribution in [0.15, 0.2) is 0 Å². The van der Waals surface area contributed by atoms with Crippen LogP contribution in [0.3, 0.4) is 0 Å². The minimum atomic E-state index is 0.531. The maximum atomic E-state index is 3.93.